The topological polar surface area (TPSA) is 88.8 Å². The summed E-state index contributed by atoms with van der Waals surface area (Å²) in [5.41, 5.74) is 12.4. The van der Waals surface area contributed by atoms with E-state index in [2.05, 4.69) is 46.9 Å². The van der Waals surface area contributed by atoms with E-state index < -0.39 is 0 Å². The standard InChI is InChI=1S/C22H43N5/c1-13(2)17-9-7-15(5)11-19(17)25-21(23)27-22(24)26-20-12-16(6)8-10-18(20)14(3)4/h13-20H,7-12H2,1-6H3,(H5,23,24,25,26,27). The maximum absolute atomic E-state index is 6.22. The third kappa shape index (κ3) is 6.39. The molecule has 0 aromatic carbocycles. The number of aliphatic imine (C=N–C) groups is 2. The zero-order valence-corrected chi connectivity index (χ0v) is 18.4. The highest BCUT2D eigenvalue weighted by atomic mass is 15.2. The first-order valence-corrected chi connectivity index (χ1v) is 11.1. The Morgan fingerprint density at radius 2 is 1.11 bits per heavy atom. The van der Waals surface area contributed by atoms with Crippen LogP contribution in [0.4, 0.5) is 0 Å². The number of guanidine groups is 2. The van der Waals surface area contributed by atoms with Gasteiger partial charge in [0, 0.05) is 0 Å². The van der Waals surface area contributed by atoms with E-state index in [1.54, 1.807) is 0 Å². The molecule has 6 unspecified atom stereocenters. The maximum Gasteiger partial charge on any atom is 0.195 e. The fourth-order valence-corrected chi connectivity index (χ4v) is 5.15. The highest BCUT2D eigenvalue weighted by molar-refractivity contribution is 5.97. The van der Waals surface area contributed by atoms with Gasteiger partial charge < -0.3 is 11.5 Å². The number of nitrogens with two attached hydrogens (primary N) is 2. The van der Waals surface area contributed by atoms with Gasteiger partial charge in [-0.15, -0.1) is 0 Å². The number of hydrogen-bond acceptors (Lipinski definition) is 2. The van der Waals surface area contributed by atoms with E-state index in [0.29, 0.717) is 47.4 Å². The van der Waals surface area contributed by atoms with Crippen molar-refractivity contribution in [3.05, 3.63) is 0 Å². The number of hydrogen-bond donors (Lipinski definition) is 3. The van der Waals surface area contributed by atoms with Gasteiger partial charge in [0.2, 0.25) is 0 Å². The summed E-state index contributed by atoms with van der Waals surface area (Å²) >= 11 is 0. The molecule has 2 aliphatic rings. The van der Waals surface area contributed by atoms with Crippen molar-refractivity contribution in [3.63, 3.8) is 0 Å². The van der Waals surface area contributed by atoms with Crippen molar-refractivity contribution in [2.24, 2.45) is 57.0 Å². The monoisotopic (exact) mass is 377 g/mol. The predicted molar refractivity (Wildman–Crippen MR) is 117 cm³/mol. The van der Waals surface area contributed by atoms with Crippen LogP contribution in [-0.4, -0.2) is 24.0 Å². The summed E-state index contributed by atoms with van der Waals surface area (Å²) in [6, 6.07) is 0.569. The summed E-state index contributed by atoms with van der Waals surface area (Å²) in [4.78, 5) is 9.63. The highest BCUT2D eigenvalue weighted by Crippen LogP contribution is 2.36. The second kappa shape index (κ2) is 9.79. The minimum Gasteiger partial charge on any atom is -0.370 e. The molecule has 0 bridgehead atoms. The van der Waals surface area contributed by atoms with Crippen LogP contribution in [-0.2, 0) is 0 Å². The second-order valence-electron chi connectivity index (χ2n) is 9.94. The predicted octanol–water partition coefficient (Wildman–Crippen LogP) is 4.13. The van der Waals surface area contributed by atoms with Crippen molar-refractivity contribution in [2.75, 3.05) is 0 Å². The largest absolute Gasteiger partial charge is 0.370 e. The first-order chi connectivity index (χ1) is 12.7. The zero-order chi connectivity index (χ0) is 20.1. The Labute approximate surface area is 166 Å². The van der Waals surface area contributed by atoms with Crippen LogP contribution in [0.15, 0.2) is 9.98 Å². The van der Waals surface area contributed by atoms with Crippen molar-refractivity contribution in [1.82, 2.24) is 5.32 Å². The van der Waals surface area contributed by atoms with Gasteiger partial charge in [-0.25, -0.2) is 9.98 Å². The summed E-state index contributed by atoms with van der Waals surface area (Å²) in [5.74, 6) is 4.72. The fraction of sp³-hybridized carbons (Fsp3) is 0.909. The Morgan fingerprint density at radius 1 is 0.741 bits per heavy atom. The van der Waals surface area contributed by atoms with Crippen LogP contribution >= 0.6 is 0 Å². The van der Waals surface area contributed by atoms with E-state index in [9.17, 15) is 0 Å². The second-order valence-corrected chi connectivity index (χ2v) is 9.94. The van der Waals surface area contributed by atoms with Crippen molar-refractivity contribution in [1.29, 1.82) is 0 Å². The van der Waals surface area contributed by atoms with Crippen molar-refractivity contribution in [3.8, 4) is 0 Å². The maximum atomic E-state index is 6.22. The minimum atomic E-state index is 0.284. The molecular weight excluding hydrogens is 334 g/mol. The molecule has 0 spiro atoms. The van der Waals surface area contributed by atoms with Gasteiger partial charge in [-0.1, -0.05) is 54.4 Å². The Balaban J connectivity index is 2.04. The van der Waals surface area contributed by atoms with Crippen LogP contribution in [0.3, 0.4) is 0 Å². The van der Waals surface area contributed by atoms with Gasteiger partial charge in [-0.2, -0.15) is 0 Å². The lowest BCUT2D eigenvalue weighted by Crippen LogP contribution is -2.45. The summed E-state index contributed by atoms with van der Waals surface area (Å²) < 4.78 is 0. The average molecular weight is 378 g/mol. The van der Waals surface area contributed by atoms with Crippen molar-refractivity contribution < 1.29 is 0 Å². The zero-order valence-electron chi connectivity index (χ0n) is 18.4. The molecule has 5 N–H and O–H groups in total. The van der Waals surface area contributed by atoms with Gasteiger partial charge in [0.05, 0.1) is 12.1 Å². The first kappa shape index (κ1) is 22.0. The van der Waals surface area contributed by atoms with E-state index >= 15 is 0 Å². The molecule has 0 aromatic rings. The molecular formula is C22H43N5. The lowest BCUT2D eigenvalue weighted by Gasteiger charge is -2.35. The van der Waals surface area contributed by atoms with Gasteiger partial charge in [-0.05, 0) is 61.2 Å². The van der Waals surface area contributed by atoms with Crippen LogP contribution in [0.2, 0.25) is 0 Å². The van der Waals surface area contributed by atoms with Crippen LogP contribution in [0.5, 0.6) is 0 Å². The molecule has 0 aliphatic heterocycles. The van der Waals surface area contributed by atoms with Gasteiger partial charge in [0.15, 0.2) is 11.9 Å². The normalized spacial score (nSPS) is 36.3. The van der Waals surface area contributed by atoms with Crippen molar-refractivity contribution in [2.45, 2.75) is 92.2 Å². The molecule has 5 nitrogen and oxygen atoms in total. The fourth-order valence-electron chi connectivity index (χ4n) is 5.15. The van der Waals surface area contributed by atoms with Crippen LogP contribution < -0.4 is 16.8 Å². The summed E-state index contributed by atoms with van der Waals surface area (Å²) in [6.45, 7) is 13.8. The molecule has 27 heavy (non-hydrogen) atoms. The van der Waals surface area contributed by atoms with E-state index in [4.69, 9.17) is 21.5 Å². The number of nitrogens with one attached hydrogen (secondary N) is 1. The Kier molecular flexibility index (Phi) is 7.99. The van der Waals surface area contributed by atoms with Gasteiger partial charge >= 0.3 is 0 Å². The molecule has 2 fully saturated rings. The first-order valence-electron chi connectivity index (χ1n) is 11.1. The SMILES string of the molecule is CC1CCC(C(C)C)C(N=C(N)NC(N)=NC2CC(C)CCC2C(C)C)C1. The average Bonchev–Trinajstić information content (AvgIpc) is 2.53. The van der Waals surface area contributed by atoms with Crippen LogP contribution in [0, 0.1) is 35.5 Å². The van der Waals surface area contributed by atoms with E-state index in [-0.39, 0.29) is 12.1 Å². The Hall–Kier alpha value is -1.26. The summed E-state index contributed by atoms with van der Waals surface area (Å²) in [5, 5.41) is 3.08. The molecule has 0 saturated heterocycles. The molecule has 0 radical (unpaired) electrons. The lowest BCUT2D eigenvalue weighted by molar-refractivity contribution is 0.200. The third-order valence-electron chi connectivity index (χ3n) is 6.84. The van der Waals surface area contributed by atoms with Gasteiger partial charge in [0.25, 0.3) is 0 Å². The molecule has 6 atom stereocenters. The molecule has 2 aliphatic carbocycles. The minimum absolute atomic E-state index is 0.284. The number of rotatable bonds is 4. The molecule has 2 saturated carbocycles. The van der Waals surface area contributed by atoms with Gasteiger partial charge in [-0.3, -0.25) is 5.32 Å². The van der Waals surface area contributed by atoms with E-state index in [1.807, 2.05) is 0 Å². The smallest absolute Gasteiger partial charge is 0.195 e. The molecule has 0 amide bonds. The van der Waals surface area contributed by atoms with Crippen molar-refractivity contribution >= 4 is 11.9 Å². The Morgan fingerprint density at radius 3 is 1.44 bits per heavy atom. The quantitative estimate of drug-likeness (QED) is 0.508. The Bertz CT molecular complexity index is 479. The van der Waals surface area contributed by atoms with E-state index in [1.165, 1.54) is 25.7 Å². The summed E-state index contributed by atoms with van der Waals surface area (Å²) in [7, 11) is 0. The molecule has 5 heteroatoms. The van der Waals surface area contributed by atoms with Crippen LogP contribution in [0.1, 0.15) is 80.1 Å². The highest BCUT2D eigenvalue weighted by Gasteiger charge is 2.32. The molecule has 156 valence electrons. The summed E-state index contributed by atoms with van der Waals surface area (Å²) in [6.07, 6.45) is 7.28. The third-order valence-corrected chi connectivity index (χ3v) is 6.84. The van der Waals surface area contributed by atoms with E-state index in [0.717, 1.165) is 12.8 Å². The lowest BCUT2D eigenvalue weighted by atomic mass is 9.74. The molecule has 0 aromatic heterocycles. The van der Waals surface area contributed by atoms with Crippen LogP contribution in [0.25, 0.3) is 0 Å². The molecule has 2 rings (SSSR count). The number of nitrogens with zero attached hydrogens (tertiary/aromatic N) is 2. The molecule has 0 heterocycles. The van der Waals surface area contributed by atoms with Gasteiger partial charge in [0.1, 0.15) is 0 Å².